The molecule has 5 rings (SSSR count). The number of aromatic nitrogens is 1. The van der Waals surface area contributed by atoms with Gasteiger partial charge in [0.15, 0.2) is 11.5 Å². The highest BCUT2D eigenvalue weighted by Crippen LogP contribution is 2.36. The second-order valence-corrected chi connectivity index (χ2v) is 7.80. The summed E-state index contributed by atoms with van der Waals surface area (Å²) in [6.07, 6.45) is 7.40. The summed E-state index contributed by atoms with van der Waals surface area (Å²) in [6, 6.07) is 23.1. The molecule has 0 radical (unpaired) electrons. The Morgan fingerprint density at radius 1 is 1.00 bits per heavy atom. The second-order valence-electron chi connectivity index (χ2n) is 7.80. The van der Waals surface area contributed by atoms with E-state index in [0.29, 0.717) is 6.61 Å². The summed E-state index contributed by atoms with van der Waals surface area (Å²) >= 11 is 0. The van der Waals surface area contributed by atoms with Crippen molar-refractivity contribution < 1.29 is 9.47 Å². The summed E-state index contributed by atoms with van der Waals surface area (Å²) < 4.78 is 11.8. The number of hydrogen-bond acceptors (Lipinski definition) is 3. The molecule has 2 N–H and O–H groups in total. The topological polar surface area (TPSA) is 46.3 Å². The molecule has 0 amide bonds. The lowest BCUT2D eigenvalue weighted by atomic mass is 9.92. The SMILES string of the molecule is COc1cc2c(cc1OCc1ccccc1)CCNC2/C=C/c1cccc2[nH]ccc12. The molecule has 31 heavy (non-hydrogen) atoms. The fraction of sp³-hybridized carbons (Fsp3) is 0.185. The average molecular weight is 411 g/mol. The van der Waals surface area contributed by atoms with Crippen molar-refractivity contribution >= 4 is 17.0 Å². The van der Waals surface area contributed by atoms with E-state index >= 15 is 0 Å². The number of methoxy groups -OCH3 is 1. The second kappa shape index (κ2) is 8.70. The van der Waals surface area contributed by atoms with Gasteiger partial charge in [0.1, 0.15) is 6.61 Å². The molecule has 1 unspecified atom stereocenters. The first-order valence-corrected chi connectivity index (χ1v) is 10.7. The lowest BCUT2D eigenvalue weighted by molar-refractivity contribution is 0.283. The molecule has 3 aromatic carbocycles. The number of aromatic amines is 1. The number of hydrogen-bond donors (Lipinski definition) is 2. The lowest BCUT2D eigenvalue weighted by Gasteiger charge is -2.26. The maximum atomic E-state index is 6.12. The van der Waals surface area contributed by atoms with E-state index in [2.05, 4.69) is 71.0 Å². The van der Waals surface area contributed by atoms with Crippen molar-refractivity contribution in [1.29, 1.82) is 0 Å². The molecule has 0 aliphatic carbocycles. The van der Waals surface area contributed by atoms with E-state index < -0.39 is 0 Å². The van der Waals surface area contributed by atoms with E-state index in [-0.39, 0.29) is 6.04 Å². The maximum absolute atomic E-state index is 6.12. The molecule has 0 saturated carbocycles. The van der Waals surface area contributed by atoms with Crippen LogP contribution in [-0.4, -0.2) is 18.6 Å². The Kier molecular flexibility index (Phi) is 5.46. The Morgan fingerprint density at radius 3 is 2.77 bits per heavy atom. The molecule has 0 saturated heterocycles. The summed E-state index contributed by atoms with van der Waals surface area (Å²) in [5, 5.41) is 4.86. The number of rotatable bonds is 6. The van der Waals surface area contributed by atoms with E-state index in [0.717, 1.165) is 35.5 Å². The van der Waals surface area contributed by atoms with E-state index in [1.54, 1.807) is 7.11 Å². The van der Waals surface area contributed by atoms with Gasteiger partial charge < -0.3 is 19.8 Å². The van der Waals surface area contributed by atoms with E-state index in [1.807, 2.05) is 24.4 Å². The van der Waals surface area contributed by atoms with Gasteiger partial charge >= 0.3 is 0 Å². The van der Waals surface area contributed by atoms with Crippen LogP contribution in [0.5, 0.6) is 11.5 Å². The minimum absolute atomic E-state index is 0.134. The van der Waals surface area contributed by atoms with Crippen molar-refractivity contribution in [3.8, 4) is 11.5 Å². The van der Waals surface area contributed by atoms with Crippen molar-refractivity contribution in [3.05, 3.63) is 101 Å². The van der Waals surface area contributed by atoms with Gasteiger partial charge in [-0.1, -0.05) is 54.6 Å². The first-order valence-electron chi connectivity index (χ1n) is 10.7. The first kappa shape index (κ1) is 19.5. The standard InChI is InChI=1S/C27H26N2O2/c1-30-26-17-23-21(16-27(26)31-18-19-6-3-2-4-7-19)12-14-28-25(23)11-10-20-8-5-9-24-22(20)13-15-29-24/h2-11,13,15-17,25,28-29H,12,14,18H2,1H3/b11-10+. The molecule has 1 aliphatic heterocycles. The van der Waals surface area contributed by atoms with Crippen molar-refractivity contribution in [2.45, 2.75) is 19.1 Å². The molecule has 4 heteroatoms. The quantitative estimate of drug-likeness (QED) is 0.431. The van der Waals surface area contributed by atoms with Crippen molar-refractivity contribution in [2.24, 2.45) is 0 Å². The molecule has 1 atom stereocenters. The number of H-pyrrole nitrogens is 1. The number of nitrogens with one attached hydrogen (secondary N) is 2. The van der Waals surface area contributed by atoms with Gasteiger partial charge in [0.2, 0.25) is 0 Å². The predicted octanol–water partition coefficient (Wildman–Crippen LogP) is 5.66. The Balaban J connectivity index is 1.41. The van der Waals surface area contributed by atoms with Gasteiger partial charge in [-0.3, -0.25) is 0 Å². The smallest absolute Gasteiger partial charge is 0.161 e. The zero-order valence-corrected chi connectivity index (χ0v) is 17.6. The summed E-state index contributed by atoms with van der Waals surface area (Å²) in [7, 11) is 1.70. The normalized spacial score (nSPS) is 15.8. The molecule has 0 bridgehead atoms. The number of ether oxygens (including phenoxy) is 2. The monoisotopic (exact) mass is 410 g/mol. The van der Waals surface area contributed by atoms with E-state index in [9.17, 15) is 0 Å². The van der Waals surface area contributed by atoms with Crippen LogP contribution in [0.4, 0.5) is 0 Å². The van der Waals surface area contributed by atoms with Crippen LogP contribution in [-0.2, 0) is 13.0 Å². The van der Waals surface area contributed by atoms with E-state index in [1.165, 1.54) is 22.1 Å². The minimum atomic E-state index is 0.134. The molecule has 156 valence electrons. The van der Waals surface area contributed by atoms with Gasteiger partial charge in [-0.15, -0.1) is 0 Å². The molecule has 0 fully saturated rings. The van der Waals surface area contributed by atoms with Gasteiger partial charge in [-0.25, -0.2) is 0 Å². The molecule has 4 aromatic rings. The van der Waals surface area contributed by atoms with Crippen molar-refractivity contribution in [1.82, 2.24) is 10.3 Å². The third-order valence-corrected chi connectivity index (χ3v) is 5.85. The van der Waals surface area contributed by atoms with Gasteiger partial charge in [-0.05, 0) is 52.9 Å². The Morgan fingerprint density at radius 2 is 1.90 bits per heavy atom. The molecule has 2 heterocycles. The maximum Gasteiger partial charge on any atom is 0.161 e. The summed E-state index contributed by atoms with van der Waals surface area (Å²) in [5.74, 6) is 1.57. The zero-order valence-electron chi connectivity index (χ0n) is 17.6. The highest BCUT2D eigenvalue weighted by atomic mass is 16.5. The lowest BCUT2D eigenvalue weighted by Crippen LogP contribution is -2.28. The molecular weight excluding hydrogens is 384 g/mol. The Bertz CT molecular complexity index is 1210. The fourth-order valence-corrected chi connectivity index (χ4v) is 4.23. The summed E-state index contributed by atoms with van der Waals surface area (Å²) in [5.41, 5.74) is 6.05. The third kappa shape index (κ3) is 4.07. The molecular formula is C27H26N2O2. The van der Waals surface area contributed by atoms with Crippen LogP contribution < -0.4 is 14.8 Å². The fourth-order valence-electron chi connectivity index (χ4n) is 4.23. The molecule has 1 aromatic heterocycles. The molecule has 4 nitrogen and oxygen atoms in total. The largest absolute Gasteiger partial charge is 0.493 e. The van der Waals surface area contributed by atoms with Crippen LogP contribution in [0.25, 0.3) is 17.0 Å². The number of benzene rings is 3. The first-order chi connectivity index (χ1) is 15.3. The van der Waals surface area contributed by atoms with Gasteiger partial charge in [0, 0.05) is 23.6 Å². The minimum Gasteiger partial charge on any atom is -0.493 e. The highest BCUT2D eigenvalue weighted by Gasteiger charge is 2.21. The van der Waals surface area contributed by atoms with Gasteiger partial charge in [0.05, 0.1) is 13.2 Å². The number of fused-ring (bicyclic) bond motifs is 2. The van der Waals surface area contributed by atoms with Crippen LogP contribution in [0.15, 0.2) is 79.0 Å². The zero-order chi connectivity index (χ0) is 21.0. The highest BCUT2D eigenvalue weighted by molar-refractivity contribution is 5.88. The van der Waals surface area contributed by atoms with Crippen LogP contribution in [0.1, 0.15) is 28.3 Å². The predicted molar refractivity (Wildman–Crippen MR) is 126 cm³/mol. The third-order valence-electron chi connectivity index (χ3n) is 5.85. The average Bonchev–Trinajstić information content (AvgIpc) is 3.31. The van der Waals surface area contributed by atoms with Crippen LogP contribution in [0.3, 0.4) is 0 Å². The molecule has 0 spiro atoms. The van der Waals surface area contributed by atoms with Crippen LogP contribution >= 0.6 is 0 Å². The van der Waals surface area contributed by atoms with Gasteiger partial charge in [-0.2, -0.15) is 0 Å². The van der Waals surface area contributed by atoms with E-state index in [4.69, 9.17) is 9.47 Å². The van der Waals surface area contributed by atoms with Crippen LogP contribution in [0, 0.1) is 0 Å². The van der Waals surface area contributed by atoms with Crippen molar-refractivity contribution in [3.63, 3.8) is 0 Å². The van der Waals surface area contributed by atoms with Crippen LogP contribution in [0.2, 0.25) is 0 Å². The Labute approximate surface area is 182 Å². The van der Waals surface area contributed by atoms with Crippen molar-refractivity contribution in [2.75, 3.05) is 13.7 Å². The Hall–Kier alpha value is -3.50. The summed E-state index contributed by atoms with van der Waals surface area (Å²) in [4.78, 5) is 3.28. The summed E-state index contributed by atoms with van der Waals surface area (Å²) in [6.45, 7) is 1.46. The molecule has 1 aliphatic rings. The van der Waals surface area contributed by atoms with Gasteiger partial charge in [0.25, 0.3) is 0 Å².